The van der Waals surface area contributed by atoms with Crippen molar-refractivity contribution < 1.29 is 0 Å². The Morgan fingerprint density at radius 3 is 2.62 bits per heavy atom. The molecule has 0 saturated carbocycles. The van der Waals surface area contributed by atoms with Crippen molar-refractivity contribution in [3.63, 3.8) is 0 Å². The zero-order chi connectivity index (χ0) is 15.6. The van der Waals surface area contributed by atoms with Gasteiger partial charge in [0, 0.05) is 9.75 Å². The minimum atomic E-state index is 0.109. The van der Waals surface area contributed by atoms with Gasteiger partial charge < -0.3 is 5.32 Å². The predicted octanol–water partition coefficient (Wildman–Crippen LogP) is 4.07. The molecule has 2 aromatic heterocycles. The van der Waals surface area contributed by atoms with Crippen LogP contribution in [-0.2, 0) is 6.42 Å². The van der Waals surface area contributed by atoms with Crippen LogP contribution in [0.4, 0.5) is 5.82 Å². The molecule has 5 heteroatoms. The van der Waals surface area contributed by atoms with Gasteiger partial charge in [-0.15, -0.1) is 16.4 Å². The maximum absolute atomic E-state index is 9.34. The van der Waals surface area contributed by atoms with Crippen molar-refractivity contribution in [2.24, 2.45) is 0 Å². The molecule has 0 aromatic carbocycles. The summed E-state index contributed by atoms with van der Waals surface area (Å²) >= 11 is 1.81. The van der Waals surface area contributed by atoms with Gasteiger partial charge in [-0.1, -0.05) is 6.92 Å². The lowest BCUT2D eigenvalue weighted by atomic mass is 10.1. The smallest absolute Gasteiger partial charge is 0.167 e. The van der Waals surface area contributed by atoms with E-state index in [2.05, 4.69) is 48.4 Å². The summed E-state index contributed by atoms with van der Waals surface area (Å²) in [5, 5.41) is 20.9. The fourth-order valence-corrected chi connectivity index (χ4v) is 3.35. The highest BCUT2D eigenvalue weighted by Crippen LogP contribution is 2.30. The molecule has 1 atom stereocenters. The molecule has 0 bridgehead atoms. The summed E-state index contributed by atoms with van der Waals surface area (Å²) in [7, 11) is 0. The van der Waals surface area contributed by atoms with E-state index in [1.165, 1.54) is 15.3 Å². The molecule has 2 rings (SSSR count). The molecule has 2 aromatic rings. The SMILES string of the molecule is CCc1sc(C(C)Nc2nnc(C)c(C)c2C#N)cc1C. The third kappa shape index (κ3) is 3.06. The van der Waals surface area contributed by atoms with Crippen LogP contribution in [0, 0.1) is 32.1 Å². The number of anilines is 1. The fraction of sp³-hybridized carbons (Fsp3) is 0.438. The van der Waals surface area contributed by atoms with Crippen LogP contribution in [0.25, 0.3) is 0 Å². The van der Waals surface area contributed by atoms with Crippen molar-refractivity contribution in [1.29, 1.82) is 5.26 Å². The van der Waals surface area contributed by atoms with Gasteiger partial charge in [-0.25, -0.2) is 0 Å². The molecule has 0 spiro atoms. The van der Waals surface area contributed by atoms with Gasteiger partial charge in [0.2, 0.25) is 0 Å². The Bertz CT molecular complexity index is 697. The second kappa shape index (κ2) is 6.23. The first kappa shape index (κ1) is 15.5. The van der Waals surface area contributed by atoms with Crippen LogP contribution >= 0.6 is 11.3 Å². The van der Waals surface area contributed by atoms with E-state index in [0.29, 0.717) is 11.4 Å². The second-order valence-corrected chi connectivity index (χ2v) is 6.39. The van der Waals surface area contributed by atoms with Crippen LogP contribution in [0.5, 0.6) is 0 Å². The maximum atomic E-state index is 9.34. The number of hydrogen-bond acceptors (Lipinski definition) is 5. The quantitative estimate of drug-likeness (QED) is 0.924. The minimum absolute atomic E-state index is 0.109. The summed E-state index contributed by atoms with van der Waals surface area (Å²) in [5.74, 6) is 0.567. The molecule has 0 fully saturated rings. The molecule has 0 aliphatic carbocycles. The van der Waals surface area contributed by atoms with E-state index in [0.717, 1.165) is 17.7 Å². The summed E-state index contributed by atoms with van der Waals surface area (Å²) in [6.45, 7) is 10.2. The van der Waals surface area contributed by atoms with E-state index in [4.69, 9.17) is 0 Å². The van der Waals surface area contributed by atoms with Gasteiger partial charge in [0.05, 0.1) is 11.7 Å². The van der Waals surface area contributed by atoms with Crippen molar-refractivity contribution in [2.45, 2.75) is 47.1 Å². The summed E-state index contributed by atoms with van der Waals surface area (Å²) in [6.07, 6.45) is 1.05. The largest absolute Gasteiger partial charge is 0.360 e. The third-order valence-electron chi connectivity index (χ3n) is 3.71. The average molecular weight is 300 g/mol. The van der Waals surface area contributed by atoms with Gasteiger partial charge in [-0.3, -0.25) is 0 Å². The lowest BCUT2D eigenvalue weighted by Crippen LogP contribution is -2.10. The van der Waals surface area contributed by atoms with Crippen LogP contribution in [0.15, 0.2) is 6.07 Å². The summed E-state index contributed by atoms with van der Waals surface area (Å²) in [5.41, 5.74) is 3.60. The molecule has 21 heavy (non-hydrogen) atoms. The molecule has 2 heterocycles. The van der Waals surface area contributed by atoms with E-state index in [1.807, 2.05) is 25.2 Å². The van der Waals surface area contributed by atoms with Crippen LogP contribution in [0.3, 0.4) is 0 Å². The Morgan fingerprint density at radius 1 is 1.33 bits per heavy atom. The van der Waals surface area contributed by atoms with Crippen LogP contribution in [0.1, 0.15) is 52.0 Å². The summed E-state index contributed by atoms with van der Waals surface area (Å²) in [4.78, 5) is 2.67. The Hall–Kier alpha value is -1.93. The van der Waals surface area contributed by atoms with Gasteiger partial charge in [0.25, 0.3) is 0 Å². The number of aryl methyl sites for hydroxylation is 3. The van der Waals surface area contributed by atoms with Crippen molar-refractivity contribution in [1.82, 2.24) is 10.2 Å². The molecular weight excluding hydrogens is 280 g/mol. The van der Waals surface area contributed by atoms with Gasteiger partial charge in [0.15, 0.2) is 5.82 Å². The zero-order valence-electron chi connectivity index (χ0n) is 13.1. The first-order valence-electron chi connectivity index (χ1n) is 7.07. The Morgan fingerprint density at radius 2 is 2.05 bits per heavy atom. The third-order valence-corrected chi connectivity index (χ3v) is 5.27. The van der Waals surface area contributed by atoms with Gasteiger partial charge >= 0.3 is 0 Å². The molecule has 110 valence electrons. The molecule has 0 aliphatic rings. The molecular formula is C16H20N4S. The van der Waals surface area contributed by atoms with Crippen molar-refractivity contribution >= 4 is 17.2 Å². The predicted molar refractivity (Wildman–Crippen MR) is 86.7 cm³/mol. The van der Waals surface area contributed by atoms with E-state index in [-0.39, 0.29) is 6.04 Å². The first-order valence-corrected chi connectivity index (χ1v) is 7.89. The highest BCUT2D eigenvalue weighted by molar-refractivity contribution is 7.12. The lowest BCUT2D eigenvalue weighted by molar-refractivity contribution is 0.864. The minimum Gasteiger partial charge on any atom is -0.360 e. The maximum Gasteiger partial charge on any atom is 0.167 e. The first-order chi connectivity index (χ1) is 9.97. The van der Waals surface area contributed by atoms with E-state index in [9.17, 15) is 5.26 Å². The molecule has 1 unspecified atom stereocenters. The van der Waals surface area contributed by atoms with Gasteiger partial charge in [-0.05, 0) is 51.3 Å². The topological polar surface area (TPSA) is 61.6 Å². The number of rotatable bonds is 4. The number of nitrogens with one attached hydrogen (secondary N) is 1. The van der Waals surface area contributed by atoms with Gasteiger partial charge in [0.1, 0.15) is 11.6 Å². The lowest BCUT2D eigenvalue weighted by Gasteiger charge is -2.14. The monoisotopic (exact) mass is 300 g/mol. The van der Waals surface area contributed by atoms with E-state index in [1.54, 1.807) is 0 Å². The van der Waals surface area contributed by atoms with Crippen molar-refractivity contribution in [3.8, 4) is 6.07 Å². The number of hydrogen-bond donors (Lipinski definition) is 1. The highest BCUT2D eigenvalue weighted by atomic mass is 32.1. The van der Waals surface area contributed by atoms with Crippen LogP contribution < -0.4 is 5.32 Å². The number of nitrogens with zero attached hydrogens (tertiary/aromatic N) is 3. The standard InChI is InChI=1S/C16H20N4S/c1-6-14-9(2)7-15(21-14)12(5)18-16-13(8-17)10(3)11(4)19-20-16/h7,12H,6H2,1-5H3,(H,18,20). The zero-order valence-corrected chi connectivity index (χ0v) is 13.9. The number of thiophene rings is 1. The van der Waals surface area contributed by atoms with Crippen molar-refractivity contribution in [2.75, 3.05) is 5.32 Å². The molecule has 0 saturated heterocycles. The molecule has 0 radical (unpaired) electrons. The second-order valence-electron chi connectivity index (χ2n) is 5.22. The molecule has 0 aliphatic heterocycles. The number of aromatic nitrogens is 2. The normalized spacial score (nSPS) is 12.0. The molecule has 0 amide bonds. The Balaban J connectivity index is 2.29. The van der Waals surface area contributed by atoms with Gasteiger partial charge in [-0.2, -0.15) is 10.4 Å². The fourth-order valence-electron chi connectivity index (χ4n) is 2.23. The molecule has 4 nitrogen and oxygen atoms in total. The van der Waals surface area contributed by atoms with E-state index >= 15 is 0 Å². The van der Waals surface area contributed by atoms with Crippen molar-refractivity contribution in [3.05, 3.63) is 38.2 Å². The summed E-state index contributed by atoms with van der Waals surface area (Å²) < 4.78 is 0. The Labute approximate surface area is 129 Å². The average Bonchev–Trinajstić information content (AvgIpc) is 2.84. The highest BCUT2D eigenvalue weighted by Gasteiger charge is 2.16. The van der Waals surface area contributed by atoms with Crippen LogP contribution in [0.2, 0.25) is 0 Å². The van der Waals surface area contributed by atoms with Crippen LogP contribution in [-0.4, -0.2) is 10.2 Å². The number of nitriles is 1. The summed E-state index contributed by atoms with van der Waals surface area (Å²) in [6, 6.07) is 4.55. The molecule has 1 N–H and O–H groups in total. The Kier molecular flexibility index (Phi) is 4.59. The van der Waals surface area contributed by atoms with E-state index < -0.39 is 0 Å².